The Labute approximate surface area is 73.1 Å². The first-order valence-electron chi connectivity index (χ1n) is 4.90. The van der Waals surface area contributed by atoms with Gasteiger partial charge in [0.1, 0.15) is 0 Å². The zero-order valence-electron chi connectivity index (χ0n) is 9.24. The molecule has 0 fully saturated rings. The van der Waals surface area contributed by atoms with Gasteiger partial charge in [0.05, 0.1) is 0 Å². The molecule has 0 saturated heterocycles. The minimum Gasteiger partial charge on any atom is -0.385 e. The van der Waals surface area contributed by atoms with E-state index in [0.717, 1.165) is 6.61 Å². The maximum absolute atomic E-state index is 4.84. The third-order valence-corrected chi connectivity index (χ3v) is 0.952. The van der Waals surface area contributed by atoms with E-state index in [1.165, 1.54) is 19.3 Å². The fourth-order valence-electron chi connectivity index (χ4n) is 0.496. The van der Waals surface area contributed by atoms with Crippen LogP contribution in [-0.4, -0.2) is 13.7 Å². The van der Waals surface area contributed by atoms with Crippen LogP contribution in [0.5, 0.6) is 0 Å². The first kappa shape index (κ1) is 17.2. The smallest absolute Gasteiger partial charge is 0.0462 e. The standard InChI is InChI=1S/C6H14O.2C2H6/c1-3-4-5-6-7-2;2*1-2/h3-6H2,1-2H3;2*1-2H3. The van der Waals surface area contributed by atoms with Crippen LogP contribution in [-0.2, 0) is 4.74 Å². The van der Waals surface area contributed by atoms with Gasteiger partial charge >= 0.3 is 0 Å². The number of rotatable bonds is 4. The van der Waals surface area contributed by atoms with Crippen molar-refractivity contribution in [3.05, 3.63) is 0 Å². The lowest BCUT2D eigenvalue weighted by Gasteiger charge is -1.92. The van der Waals surface area contributed by atoms with Gasteiger partial charge in [0.25, 0.3) is 0 Å². The summed E-state index contributed by atoms with van der Waals surface area (Å²) in [5, 5.41) is 0. The molecule has 0 spiro atoms. The molecule has 0 aromatic heterocycles. The summed E-state index contributed by atoms with van der Waals surface area (Å²) in [6.45, 7) is 11.1. The summed E-state index contributed by atoms with van der Waals surface area (Å²) in [5.74, 6) is 0. The predicted molar refractivity (Wildman–Crippen MR) is 54.1 cm³/mol. The molecule has 11 heavy (non-hydrogen) atoms. The van der Waals surface area contributed by atoms with Crippen molar-refractivity contribution < 1.29 is 4.74 Å². The largest absolute Gasteiger partial charge is 0.385 e. The average Bonchev–Trinajstić information content (AvgIpc) is 2.13. The topological polar surface area (TPSA) is 9.23 Å². The van der Waals surface area contributed by atoms with Gasteiger partial charge in [-0.25, -0.2) is 0 Å². The lowest BCUT2D eigenvalue weighted by atomic mass is 10.3. The molecule has 0 aliphatic heterocycles. The van der Waals surface area contributed by atoms with Gasteiger partial charge in [-0.15, -0.1) is 0 Å². The van der Waals surface area contributed by atoms with Gasteiger partial charge in [0.15, 0.2) is 0 Å². The summed E-state index contributed by atoms with van der Waals surface area (Å²) in [5.41, 5.74) is 0. The van der Waals surface area contributed by atoms with Crippen molar-refractivity contribution >= 4 is 0 Å². The lowest BCUT2D eigenvalue weighted by Crippen LogP contribution is -1.85. The minimum absolute atomic E-state index is 0.924. The Bertz CT molecular complexity index is 24.1. The van der Waals surface area contributed by atoms with Crippen LogP contribution in [0.3, 0.4) is 0 Å². The van der Waals surface area contributed by atoms with Crippen LogP contribution >= 0.6 is 0 Å². The molecule has 0 bridgehead atoms. The molecule has 0 N–H and O–H groups in total. The average molecular weight is 162 g/mol. The molecule has 0 atom stereocenters. The fourth-order valence-corrected chi connectivity index (χ4v) is 0.496. The Morgan fingerprint density at radius 1 is 0.909 bits per heavy atom. The molecular weight excluding hydrogens is 136 g/mol. The molecule has 0 radical (unpaired) electrons. The van der Waals surface area contributed by atoms with Gasteiger partial charge in [-0.1, -0.05) is 47.5 Å². The number of hydrogen-bond acceptors (Lipinski definition) is 1. The molecule has 1 nitrogen and oxygen atoms in total. The monoisotopic (exact) mass is 162 g/mol. The molecule has 1 heteroatoms. The van der Waals surface area contributed by atoms with Crippen molar-refractivity contribution in [1.29, 1.82) is 0 Å². The zero-order chi connectivity index (χ0) is 9.54. The first-order chi connectivity index (χ1) is 5.41. The van der Waals surface area contributed by atoms with E-state index in [0.29, 0.717) is 0 Å². The van der Waals surface area contributed by atoms with E-state index in [-0.39, 0.29) is 0 Å². The van der Waals surface area contributed by atoms with Crippen LogP contribution in [0.15, 0.2) is 0 Å². The fraction of sp³-hybridized carbons (Fsp3) is 1.00. The van der Waals surface area contributed by atoms with E-state index >= 15 is 0 Å². The van der Waals surface area contributed by atoms with E-state index in [9.17, 15) is 0 Å². The van der Waals surface area contributed by atoms with E-state index in [1.807, 2.05) is 27.7 Å². The second kappa shape index (κ2) is 32.5. The van der Waals surface area contributed by atoms with Gasteiger partial charge in [0.2, 0.25) is 0 Å². The van der Waals surface area contributed by atoms with E-state index in [4.69, 9.17) is 4.74 Å². The van der Waals surface area contributed by atoms with Crippen molar-refractivity contribution in [3.63, 3.8) is 0 Å². The molecule has 0 amide bonds. The van der Waals surface area contributed by atoms with E-state index in [2.05, 4.69) is 6.92 Å². The van der Waals surface area contributed by atoms with Crippen molar-refractivity contribution in [3.8, 4) is 0 Å². The number of hydrogen-bond donors (Lipinski definition) is 0. The quantitative estimate of drug-likeness (QED) is 0.570. The Balaban J connectivity index is -0.000000138. The summed E-state index contributed by atoms with van der Waals surface area (Å²) in [4.78, 5) is 0. The number of ether oxygens (including phenoxy) is 1. The maximum atomic E-state index is 4.84. The second-order valence-corrected chi connectivity index (χ2v) is 1.70. The third-order valence-electron chi connectivity index (χ3n) is 0.952. The van der Waals surface area contributed by atoms with Gasteiger partial charge < -0.3 is 4.74 Å². The molecule has 0 aromatic carbocycles. The second-order valence-electron chi connectivity index (χ2n) is 1.70. The van der Waals surface area contributed by atoms with Gasteiger partial charge in [-0.3, -0.25) is 0 Å². The molecular formula is C10H26O. The van der Waals surface area contributed by atoms with Crippen LogP contribution in [0.25, 0.3) is 0 Å². The molecule has 0 rings (SSSR count). The number of unbranched alkanes of at least 4 members (excludes halogenated alkanes) is 2. The molecule has 0 aliphatic rings. The van der Waals surface area contributed by atoms with Gasteiger partial charge in [-0.05, 0) is 6.42 Å². The Morgan fingerprint density at radius 3 is 1.64 bits per heavy atom. The molecule has 0 aliphatic carbocycles. The highest BCUT2D eigenvalue weighted by Crippen LogP contribution is 1.91. The molecule has 0 aromatic rings. The summed E-state index contributed by atoms with van der Waals surface area (Å²) in [6, 6.07) is 0. The first-order valence-corrected chi connectivity index (χ1v) is 4.90. The molecule has 0 heterocycles. The SMILES string of the molecule is CC.CC.CCCCCOC. The summed E-state index contributed by atoms with van der Waals surface area (Å²) >= 11 is 0. The Morgan fingerprint density at radius 2 is 1.36 bits per heavy atom. The van der Waals surface area contributed by atoms with Gasteiger partial charge in [0, 0.05) is 13.7 Å². The van der Waals surface area contributed by atoms with Crippen LogP contribution in [0.2, 0.25) is 0 Å². The van der Waals surface area contributed by atoms with Crippen molar-refractivity contribution in [2.24, 2.45) is 0 Å². The van der Waals surface area contributed by atoms with Crippen molar-refractivity contribution in [2.75, 3.05) is 13.7 Å². The normalized spacial score (nSPS) is 7.09. The van der Waals surface area contributed by atoms with E-state index in [1.54, 1.807) is 7.11 Å². The van der Waals surface area contributed by atoms with Crippen LogP contribution in [0.4, 0.5) is 0 Å². The van der Waals surface area contributed by atoms with Crippen LogP contribution in [0, 0.1) is 0 Å². The van der Waals surface area contributed by atoms with Gasteiger partial charge in [-0.2, -0.15) is 0 Å². The highest BCUT2D eigenvalue weighted by molar-refractivity contribution is 4.32. The predicted octanol–water partition coefficient (Wildman–Crippen LogP) is 3.88. The van der Waals surface area contributed by atoms with Crippen LogP contribution < -0.4 is 0 Å². The maximum Gasteiger partial charge on any atom is 0.0462 e. The highest BCUT2D eigenvalue weighted by Gasteiger charge is 1.79. The number of methoxy groups -OCH3 is 1. The molecule has 0 unspecified atom stereocenters. The summed E-state index contributed by atoms with van der Waals surface area (Å²) < 4.78 is 4.84. The zero-order valence-corrected chi connectivity index (χ0v) is 9.24. The minimum atomic E-state index is 0.924. The Kier molecular flexibility index (Phi) is 50.7. The third kappa shape index (κ3) is 40.2. The van der Waals surface area contributed by atoms with Crippen molar-refractivity contribution in [2.45, 2.75) is 53.9 Å². The Hall–Kier alpha value is -0.0400. The lowest BCUT2D eigenvalue weighted by molar-refractivity contribution is 0.192. The van der Waals surface area contributed by atoms with E-state index < -0.39 is 0 Å². The molecule has 72 valence electrons. The summed E-state index contributed by atoms with van der Waals surface area (Å²) in [7, 11) is 1.75. The highest BCUT2D eigenvalue weighted by atomic mass is 16.5. The van der Waals surface area contributed by atoms with Crippen LogP contribution in [0.1, 0.15) is 53.9 Å². The summed E-state index contributed by atoms with van der Waals surface area (Å²) in [6.07, 6.45) is 3.80. The van der Waals surface area contributed by atoms with Crippen molar-refractivity contribution in [1.82, 2.24) is 0 Å². The molecule has 0 saturated carbocycles.